The Morgan fingerprint density at radius 2 is 1.68 bits per heavy atom. The summed E-state index contributed by atoms with van der Waals surface area (Å²) < 4.78 is 29.6. The van der Waals surface area contributed by atoms with Crippen LogP contribution in [0.3, 0.4) is 0 Å². The van der Waals surface area contributed by atoms with Crippen molar-refractivity contribution in [3.05, 3.63) is 95.0 Å². The van der Waals surface area contributed by atoms with Gasteiger partial charge in [-0.3, -0.25) is 4.79 Å². The van der Waals surface area contributed by atoms with E-state index in [-0.39, 0.29) is 17.4 Å². The van der Waals surface area contributed by atoms with Crippen molar-refractivity contribution in [2.75, 3.05) is 7.11 Å². The summed E-state index contributed by atoms with van der Waals surface area (Å²) in [5, 5.41) is 0. The van der Waals surface area contributed by atoms with E-state index < -0.39 is 0 Å². The van der Waals surface area contributed by atoms with Gasteiger partial charge in [-0.1, -0.05) is 24.3 Å². The minimum Gasteiger partial charge on any atom is -0.497 e. The molecule has 4 nitrogen and oxygen atoms in total. The lowest BCUT2D eigenvalue weighted by Gasteiger charge is -2.07. The van der Waals surface area contributed by atoms with E-state index in [9.17, 15) is 9.18 Å². The minimum atomic E-state index is -0.288. The van der Waals surface area contributed by atoms with Crippen molar-refractivity contribution in [1.29, 1.82) is 0 Å². The summed E-state index contributed by atoms with van der Waals surface area (Å²) in [6.07, 6.45) is 1.70. The molecule has 3 aromatic rings. The third-order valence-electron chi connectivity index (χ3n) is 4.37. The van der Waals surface area contributed by atoms with Crippen LogP contribution in [-0.2, 0) is 6.61 Å². The van der Waals surface area contributed by atoms with Crippen LogP contribution in [0.1, 0.15) is 21.5 Å². The molecule has 0 spiro atoms. The molecule has 0 radical (unpaired) electrons. The Balaban J connectivity index is 1.49. The topological polar surface area (TPSA) is 44.8 Å². The number of benzene rings is 3. The molecule has 0 aliphatic carbocycles. The van der Waals surface area contributed by atoms with Gasteiger partial charge in [-0.2, -0.15) is 0 Å². The lowest BCUT2D eigenvalue weighted by molar-refractivity contribution is 0.101. The maximum absolute atomic E-state index is 13.0. The minimum absolute atomic E-state index is 0.170. The number of ketones is 1. The van der Waals surface area contributed by atoms with Crippen molar-refractivity contribution < 1.29 is 23.4 Å². The molecule has 0 N–H and O–H groups in total. The molecule has 1 aliphatic heterocycles. The van der Waals surface area contributed by atoms with Gasteiger partial charge in [-0.15, -0.1) is 0 Å². The normalized spacial score (nSPS) is 13.9. The Morgan fingerprint density at radius 3 is 2.39 bits per heavy atom. The van der Waals surface area contributed by atoms with E-state index in [0.29, 0.717) is 23.7 Å². The van der Waals surface area contributed by atoms with Crippen LogP contribution in [0.25, 0.3) is 6.08 Å². The molecule has 0 amide bonds. The first-order valence-corrected chi connectivity index (χ1v) is 8.72. The van der Waals surface area contributed by atoms with Gasteiger partial charge in [0.05, 0.1) is 12.7 Å². The Kier molecular flexibility index (Phi) is 4.81. The molecule has 0 unspecified atom stereocenters. The second-order valence-electron chi connectivity index (χ2n) is 6.29. The molecule has 5 heteroatoms. The number of halogens is 1. The van der Waals surface area contributed by atoms with Crippen LogP contribution >= 0.6 is 0 Å². The zero-order chi connectivity index (χ0) is 19.5. The van der Waals surface area contributed by atoms with Crippen LogP contribution in [0.2, 0.25) is 0 Å². The number of hydrogen-bond acceptors (Lipinski definition) is 4. The van der Waals surface area contributed by atoms with E-state index in [0.717, 1.165) is 16.9 Å². The highest BCUT2D eigenvalue weighted by molar-refractivity contribution is 6.14. The fourth-order valence-corrected chi connectivity index (χ4v) is 2.86. The number of hydrogen-bond donors (Lipinski definition) is 0. The van der Waals surface area contributed by atoms with Gasteiger partial charge in [0.15, 0.2) is 5.76 Å². The van der Waals surface area contributed by atoms with E-state index in [1.165, 1.54) is 12.1 Å². The second kappa shape index (κ2) is 7.56. The van der Waals surface area contributed by atoms with Gasteiger partial charge in [-0.25, -0.2) is 4.39 Å². The largest absolute Gasteiger partial charge is 0.497 e. The lowest BCUT2D eigenvalue weighted by Crippen LogP contribution is -1.98. The van der Waals surface area contributed by atoms with Crippen LogP contribution in [0.5, 0.6) is 17.2 Å². The number of ether oxygens (including phenoxy) is 3. The van der Waals surface area contributed by atoms with Gasteiger partial charge >= 0.3 is 0 Å². The molecule has 0 fully saturated rings. The van der Waals surface area contributed by atoms with Gasteiger partial charge in [-0.05, 0) is 53.6 Å². The second-order valence-corrected chi connectivity index (χ2v) is 6.29. The quantitative estimate of drug-likeness (QED) is 0.586. The Labute approximate surface area is 161 Å². The summed E-state index contributed by atoms with van der Waals surface area (Å²) in [4.78, 5) is 12.6. The van der Waals surface area contributed by atoms with Gasteiger partial charge in [0.25, 0.3) is 0 Å². The van der Waals surface area contributed by atoms with E-state index in [1.807, 2.05) is 24.3 Å². The van der Waals surface area contributed by atoms with E-state index in [4.69, 9.17) is 14.2 Å². The van der Waals surface area contributed by atoms with Crippen LogP contribution in [-0.4, -0.2) is 12.9 Å². The van der Waals surface area contributed by atoms with Gasteiger partial charge in [0.2, 0.25) is 5.78 Å². The molecular formula is C23H17FO4. The van der Waals surface area contributed by atoms with Gasteiger partial charge in [0, 0.05) is 6.07 Å². The monoisotopic (exact) mass is 376 g/mol. The van der Waals surface area contributed by atoms with Crippen molar-refractivity contribution in [2.45, 2.75) is 6.61 Å². The summed E-state index contributed by atoms with van der Waals surface area (Å²) in [6, 6.07) is 18.5. The van der Waals surface area contributed by atoms with Crippen LogP contribution in [0, 0.1) is 5.82 Å². The summed E-state index contributed by atoms with van der Waals surface area (Å²) in [5.41, 5.74) is 2.18. The van der Waals surface area contributed by atoms with Crippen molar-refractivity contribution in [3.8, 4) is 17.2 Å². The van der Waals surface area contributed by atoms with Crippen molar-refractivity contribution in [1.82, 2.24) is 0 Å². The number of fused-ring (bicyclic) bond motifs is 1. The molecule has 4 rings (SSSR count). The predicted octanol–water partition coefficient (Wildman–Crippen LogP) is 5.03. The molecule has 1 heterocycles. The third-order valence-corrected chi connectivity index (χ3v) is 4.37. The molecule has 1 aliphatic rings. The summed E-state index contributed by atoms with van der Waals surface area (Å²) >= 11 is 0. The molecule has 0 atom stereocenters. The summed E-state index contributed by atoms with van der Waals surface area (Å²) in [7, 11) is 1.60. The molecule has 0 saturated heterocycles. The van der Waals surface area contributed by atoms with E-state index >= 15 is 0 Å². The fourth-order valence-electron chi connectivity index (χ4n) is 2.86. The molecule has 3 aromatic carbocycles. The highest BCUT2D eigenvalue weighted by atomic mass is 19.1. The number of carbonyl (C=O) groups excluding carboxylic acids is 1. The smallest absolute Gasteiger partial charge is 0.231 e. The maximum atomic E-state index is 13.0. The first-order chi connectivity index (χ1) is 13.6. The standard InChI is InChI=1S/C23H17FO4/c1-26-18-8-4-15(5-9-18)12-22-23(25)20-11-10-19(13-21(20)28-22)27-14-16-2-6-17(24)7-3-16/h2-13H,14H2,1H3. The third kappa shape index (κ3) is 3.74. The zero-order valence-electron chi connectivity index (χ0n) is 15.1. The SMILES string of the molecule is COc1ccc(C=C2Oc3cc(OCc4ccc(F)cc4)ccc3C2=O)cc1. The number of Topliss-reactive ketones (excluding diaryl/α,β-unsaturated/α-hetero) is 1. The first kappa shape index (κ1) is 17.8. The number of allylic oxidation sites excluding steroid dienone is 1. The zero-order valence-corrected chi connectivity index (χ0v) is 15.1. The van der Waals surface area contributed by atoms with Crippen molar-refractivity contribution >= 4 is 11.9 Å². The lowest BCUT2D eigenvalue weighted by atomic mass is 10.1. The highest BCUT2D eigenvalue weighted by Crippen LogP contribution is 2.35. The van der Waals surface area contributed by atoms with E-state index in [1.54, 1.807) is 43.5 Å². The molecule has 0 bridgehead atoms. The number of rotatable bonds is 5. The molecule has 28 heavy (non-hydrogen) atoms. The Bertz CT molecular complexity index is 1040. The van der Waals surface area contributed by atoms with E-state index in [2.05, 4.69) is 0 Å². The fraction of sp³-hybridized carbons (Fsp3) is 0.0870. The highest BCUT2D eigenvalue weighted by Gasteiger charge is 2.27. The van der Waals surface area contributed by atoms with Gasteiger partial charge < -0.3 is 14.2 Å². The first-order valence-electron chi connectivity index (χ1n) is 8.72. The van der Waals surface area contributed by atoms with Crippen LogP contribution in [0.4, 0.5) is 4.39 Å². The molecular weight excluding hydrogens is 359 g/mol. The van der Waals surface area contributed by atoms with Crippen molar-refractivity contribution in [2.24, 2.45) is 0 Å². The average molecular weight is 376 g/mol. The number of carbonyl (C=O) groups is 1. The number of methoxy groups -OCH3 is 1. The van der Waals surface area contributed by atoms with Crippen molar-refractivity contribution in [3.63, 3.8) is 0 Å². The predicted molar refractivity (Wildman–Crippen MR) is 103 cm³/mol. The Morgan fingerprint density at radius 1 is 0.964 bits per heavy atom. The summed E-state index contributed by atoms with van der Waals surface area (Å²) in [6.45, 7) is 0.293. The average Bonchev–Trinajstić information content (AvgIpc) is 3.03. The Hall–Kier alpha value is -3.60. The van der Waals surface area contributed by atoms with Gasteiger partial charge in [0.1, 0.15) is 29.7 Å². The molecule has 0 aromatic heterocycles. The summed E-state index contributed by atoms with van der Waals surface area (Å²) in [5.74, 6) is 1.58. The van der Waals surface area contributed by atoms with Crippen LogP contribution in [0.15, 0.2) is 72.5 Å². The van der Waals surface area contributed by atoms with Crippen LogP contribution < -0.4 is 14.2 Å². The molecule has 0 saturated carbocycles. The maximum Gasteiger partial charge on any atom is 0.231 e. The molecule has 140 valence electrons.